The Hall–Kier alpha value is -6.82. The normalized spacial score (nSPS) is 12.7. The Labute approximate surface area is 471 Å². The lowest BCUT2D eigenvalue weighted by Gasteiger charge is -2.39. The molecule has 3 atom stereocenters. The van der Waals surface area contributed by atoms with Gasteiger partial charge in [0.15, 0.2) is 0 Å². The van der Waals surface area contributed by atoms with Crippen molar-refractivity contribution in [1.82, 2.24) is 41.5 Å². The molecule has 78 heavy (non-hydrogen) atoms. The second kappa shape index (κ2) is 31.5. The molecular weight excluding hydrogens is 1140 g/mol. The van der Waals surface area contributed by atoms with E-state index in [0.29, 0.717) is 38.5 Å². The zero-order valence-electron chi connectivity index (χ0n) is 45.2. The second-order valence-corrected chi connectivity index (χ2v) is 20.6. The Bertz CT molecular complexity index is 2740. The highest BCUT2D eigenvalue weighted by atomic mass is 79.9. The van der Waals surface area contributed by atoms with Crippen molar-refractivity contribution in [3.05, 3.63) is 113 Å². The second-order valence-electron chi connectivity index (χ2n) is 19.4. The number of nitrogens with one attached hydrogen (secondary N) is 6. The third kappa shape index (κ3) is 19.9. The summed E-state index contributed by atoms with van der Waals surface area (Å²) in [6, 6.07) is 18.0. The zero-order valence-corrected chi connectivity index (χ0v) is 48.4. The highest BCUT2D eigenvalue weighted by Gasteiger charge is 2.42. The maximum atomic E-state index is 13.9. The first-order valence-electron chi connectivity index (χ1n) is 25.3. The van der Waals surface area contributed by atoms with E-state index in [0.717, 1.165) is 17.0 Å². The SMILES string of the molecule is C/C(=C\C(NC(=O)CNC(=O)[C@@H](N(C)C(=O)OCc1ccc(NC(=O)CNC(=O)C(NC(=O)CCOCCOCCNC(=O)c2ccc3nc(CBr)c(CBr)nc3c2)C(C)C)cc1)C(C)(C)c1ccccc1)C(C)C)C(=O)O. The van der Waals surface area contributed by atoms with Gasteiger partial charge in [-0.25, -0.2) is 19.6 Å². The molecule has 0 spiro atoms. The van der Waals surface area contributed by atoms with E-state index in [4.69, 9.17) is 14.2 Å². The number of alkyl halides is 2. The van der Waals surface area contributed by atoms with Gasteiger partial charge in [0.25, 0.3) is 5.91 Å². The topological polar surface area (TPSA) is 286 Å². The minimum Gasteiger partial charge on any atom is -0.478 e. The largest absolute Gasteiger partial charge is 0.478 e. The van der Waals surface area contributed by atoms with Crippen LogP contribution in [0.1, 0.15) is 87.8 Å². The monoisotopic (exact) mass is 1210 g/mol. The van der Waals surface area contributed by atoms with E-state index < -0.39 is 71.7 Å². The summed E-state index contributed by atoms with van der Waals surface area (Å²) in [6.07, 6.45) is 0.601. The Morgan fingerprint density at radius 1 is 0.718 bits per heavy atom. The van der Waals surface area contributed by atoms with Gasteiger partial charge < -0.3 is 51.2 Å². The highest BCUT2D eigenvalue weighted by molar-refractivity contribution is 9.09. The Morgan fingerprint density at radius 3 is 1.95 bits per heavy atom. The Balaban J connectivity index is 1.17. The number of anilines is 1. The number of aromatic nitrogens is 2. The summed E-state index contributed by atoms with van der Waals surface area (Å²) < 4.78 is 16.7. The van der Waals surface area contributed by atoms with Gasteiger partial charge in [-0.05, 0) is 60.2 Å². The molecule has 1 heterocycles. The summed E-state index contributed by atoms with van der Waals surface area (Å²) in [4.78, 5) is 114. The third-order valence-electron chi connectivity index (χ3n) is 12.4. The molecule has 0 aliphatic heterocycles. The van der Waals surface area contributed by atoms with Crippen LogP contribution in [0.4, 0.5) is 10.5 Å². The minimum absolute atomic E-state index is 0.0206. The van der Waals surface area contributed by atoms with Gasteiger partial charge in [-0.2, -0.15) is 0 Å². The van der Waals surface area contributed by atoms with Crippen LogP contribution < -0.4 is 31.9 Å². The number of nitrogens with zero attached hydrogens (tertiary/aromatic N) is 3. The van der Waals surface area contributed by atoms with Crippen molar-refractivity contribution in [3.63, 3.8) is 0 Å². The van der Waals surface area contributed by atoms with Crippen molar-refractivity contribution in [2.45, 2.75) is 95.7 Å². The molecule has 0 bridgehead atoms. The molecule has 0 saturated heterocycles. The van der Waals surface area contributed by atoms with Gasteiger partial charge in [-0.15, -0.1) is 0 Å². The molecule has 3 aromatic carbocycles. The molecule has 0 saturated carbocycles. The molecule has 2 unspecified atom stereocenters. The van der Waals surface area contributed by atoms with Crippen LogP contribution in [-0.4, -0.2) is 139 Å². The number of hydrogen-bond donors (Lipinski definition) is 7. The molecule has 21 nitrogen and oxygen atoms in total. The van der Waals surface area contributed by atoms with Crippen LogP contribution in [0.15, 0.2) is 84.4 Å². The number of ether oxygens (including phenoxy) is 3. The van der Waals surface area contributed by atoms with Gasteiger partial charge in [0.2, 0.25) is 29.5 Å². The number of halogens is 2. The van der Waals surface area contributed by atoms with Crippen LogP contribution in [-0.2, 0) is 65.7 Å². The van der Waals surface area contributed by atoms with Gasteiger partial charge in [0.05, 0.1) is 68.0 Å². The minimum atomic E-state index is -1.15. The molecule has 422 valence electrons. The number of carboxylic acids is 1. The van der Waals surface area contributed by atoms with E-state index in [1.54, 1.807) is 70.2 Å². The van der Waals surface area contributed by atoms with Crippen LogP contribution in [0.5, 0.6) is 0 Å². The molecule has 23 heteroatoms. The smallest absolute Gasteiger partial charge is 0.410 e. The summed E-state index contributed by atoms with van der Waals surface area (Å²) in [6.45, 7) is 12.2. The summed E-state index contributed by atoms with van der Waals surface area (Å²) in [7, 11) is 1.43. The van der Waals surface area contributed by atoms with E-state index in [1.807, 2.05) is 44.2 Å². The summed E-state index contributed by atoms with van der Waals surface area (Å²) >= 11 is 6.85. The Kier molecular flexibility index (Phi) is 25.8. The zero-order chi connectivity index (χ0) is 57.5. The number of aliphatic carboxylic acids is 1. The summed E-state index contributed by atoms with van der Waals surface area (Å²) in [5, 5.41) is 26.6. The molecule has 1 aromatic heterocycles. The fraction of sp³-hybridized carbons (Fsp3) is 0.455. The quantitative estimate of drug-likeness (QED) is 0.0188. The molecule has 0 radical (unpaired) electrons. The number of likely N-dealkylation sites (N-methyl/N-ethyl adjacent to an activating group) is 1. The van der Waals surface area contributed by atoms with Crippen molar-refractivity contribution < 1.29 is 57.7 Å². The lowest BCUT2D eigenvalue weighted by molar-refractivity contribution is -0.132. The van der Waals surface area contributed by atoms with Gasteiger partial charge in [-0.3, -0.25) is 33.7 Å². The molecule has 4 rings (SSSR count). The fourth-order valence-electron chi connectivity index (χ4n) is 7.86. The van der Waals surface area contributed by atoms with E-state index >= 15 is 0 Å². The molecule has 7 N–H and O–H groups in total. The fourth-order valence-corrected chi connectivity index (χ4v) is 8.76. The third-order valence-corrected chi connectivity index (χ3v) is 13.4. The Morgan fingerprint density at radius 2 is 1.33 bits per heavy atom. The molecule has 0 aliphatic carbocycles. The van der Waals surface area contributed by atoms with Gasteiger partial charge in [0, 0.05) is 52.9 Å². The molecular formula is C55H71Br2N9O12. The maximum Gasteiger partial charge on any atom is 0.410 e. The number of hydrogen-bond acceptors (Lipinski definition) is 13. The molecule has 4 aromatic rings. The molecule has 7 amide bonds. The molecule has 0 aliphatic rings. The van der Waals surface area contributed by atoms with E-state index in [1.165, 1.54) is 24.9 Å². The summed E-state index contributed by atoms with van der Waals surface area (Å²) in [5.41, 5.74) is 4.17. The number of carbonyl (C=O) groups is 8. The number of amides is 7. The predicted octanol–water partition coefficient (Wildman–Crippen LogP) is 5.67. The number of rotatable bonds is 30. The van der Waals surface area contributed by atoms with Crippen molar-refractivity contribution in [2.24, 2.45) is 11.8 Å². The van der Waals surface area contributed by atoms with Crippen molar-refractivity contribution in [1.29, 1.82) is 0 Å². The molecule has 0 fully saturated rings. The van der Waals surface area contributed by atoms with E-state index in [2.05, 4.69) is 73.7 Å². The maximum absolute atomic E-state index is 13.9. The van der Waals surface area contributed by atoms with Crippen LogP contribution in [0.3, 0.4) is 0 Å². The average Bonchev–Trinajstić information content (AvgIpc) is 3.43. The summed E-state index contributed by atoms with van der Waals surface area (Å²) in [5.74, 6) is -4.50. The van der Waals surface area contributed by atoms with Crippen LogP contribution >= 0.6 is 31.9 Å². The van der Waals surface area contributed by atoms with Gasteiger partial charge >= 0.3 is 12.1 Å². The highest BCUT2D eigenvalue weighted by Crippen LogP contribution is 2.31. The van der Waals surface area contributed by atoms with Crippen molar-refractivity contribution in [3.8, 4) is 0 Å². The number of carbonyl (C=O) groups excluding carboxylic acids is 7. The number of fused-ring (bicyclic) bond motifs is 1. The lowest BCUT2D eigenvalue weighted by Crippen LogP contribution is -2.58. The van der Waals surface area contributed by atoms with Crippen molar-refractivity contribution in [2.75, 3.05) is 58.4 Å². The van der Waals surface area contributed by atoms with E-state index in [9.17, 15) is 43.5 Å². The van der Waals surface area contributed by atoms with Gasteiger partial charge in [-0.1, -0.05) is 122 Å². The van der Waals surface area contributed by atoms with Crippen LogP contribution in [0, 0.1) is 11.8 Å². The lowest BCUT2D eigenvalue weighted by atomic mass is 9.76. The first-order valence-corrected chi connectivity index (χ1v) is 27.5. The average molecular weight is 1210 g/mol. The van der Waals surface area contributed by atoms with Crippen LogP contribution in [0.2, 0.25) is 0 Å². The van der Waals surface area contributed by atoms with Gasteiger partial charge in [0.1, 0.15) is 18.7 Å². The number of carboxylic acid groups (broad SMARTS) is 1. The van der Waals surface area contributed by atoms with E-state index in [-0.39, 0.29) is 75.9 Å². The first kappa shape index (κ1) is 63.7. The predicted molar refractivity (Wildman–Crippen MR) is 301 cm³/mol. The first-order chi connectivity index (χ1) is 37.0. The standard InChI is InChI=1S/C55H71Br2N9O12/c1-33(2)41(26-35(5)53(73)74)64-47(69)31-60-52(72)49(55(6,7)38-12-10-9-11-13-38)66(8)54(75)78-32-36-14-17-39(18-15-36)61-46(68)30-59-51(71)48(34(3)4)65-45(67)20-22-76-24-25-77-23-21-58-50(70)37-16-19-40-42(27-37)63-44(29-57)43(28-56)62-40/h9-19,26-27,33-34,41,48-49H,20-25,28-32H2,1-8H3,(H,58,70)(H,59,71)(H,60,72)(H,61,68)(H,64,69)(H,65,67)(H,73,74)/b35-26+/t41?,48?,49-/m1/s1. The van der Waals surface area contributed by atoms with Crippen LogP contribution in [0.25, 0.3) is 11.0 Å². The van der Waals surface area contributed by atoms with Crippen molar-refractivity contribution >= 4 is 96.1 Å². The number of benzene rings is 3.